The van der Waals surface area contributed by atoms with Gasteiger partial charge in [-0.1, -0.05) is 41.8 Å². The van der Waals surface area contributed by atoms with Gasteiger partial charge in [-0.3, -0.25) is 0 Å². The Hall–Kier alpha value is -1.35. The molecule has 2 saturated heterocycles. The average Bonchev–Trinajstić information content (AvgIpc) is 3.16. The van der Waals surface area contributed by atoms with Crippen molar-refractivity contribution in [3.05, 3.63) is 41.6 Å². The summed E-state index contributed by atoms with van der Waals surface area (Å²) >= 11 is 3.09. The minimum Gasteiger partial charge on any atom is -0.302 e. The van der Waals surface area contributed by atoms with Crippen LogP contribution < -0.4 is 0 Å². The molecule has 0 spiro atoms. The highest BCUT2D eigenvalue weighted by Gasteiger charge is 2.38. The van der Waals surface area contributed by atoms with Crippen LogP contribution in [0.4, 0.5) is 0 Å². The first kappa shape index (κ1) is 15.2. The Balaban J connectivity index is 1.41. The van der Waals surface area contributed by atoms with Crippen LogP contribution in [-0.4, -0.2) is 39.0 Å². The third kappa shape index (κ3) is 3.45. The van der Waals surface area contributed by atoms with Crippen molar-refractivity contribution in [1.82, 2.24) is 13.6 Å². The van der Waals surface area contributed by atoms with Crippen molar-refractivity contribution < 1.29 is 0 Å². The number of fused-ring (bicyclic) bond motifs is 2. The Labute approximate surface area is 145 Å². The summed E-state index contributed by atoms with van der Waals surface area (Å²) in [5.74, 6) is 8.59. The molecule has 3 heterocycles. The minimum absolute atomic E-state index is 0.584. The van der Waals surface area contributed by atoms with E-state index in [1.807, 2.05) is 30.3 Å². The molecule has 2 aromatic rings. The molecule has 0 N–H and O–H groups in total. The molecule has 0 aliphatic carbocycles. The van der Waals surface area contributed by atoms with E-state index >= 15 is 0 Å². The highest BCUT2D eigenvalue weighted by atomic mass is 32.2. The van der Waals surface area contributed by atoms with E-state index in [0.717, 1.165) is 22.3 Å². The number of nitrogens with zero attached hydrogens (tertiary/aromatic N) is 3. The molecule has 2 aliphatic heterocycles. The van der Waals surface area contributed by atoms with Gasteiger partial charge in [-0.05, 0) is 37.4 Å². The Morgan fingerprint density at radius 1 is 1.22 bits per heavy atom. The Kier molecular flexibility index (Phi) is 4.65. The Morgan fingerprint density at radius 3 is 3.00 bits per heavy atom. The third-order valence-electron chi connectivity index (χ3n) is 4.69. The number of hydrogen-bond donors (Lipinski definition) is 0. The van der Waals surface area contributed by atoms with Crippen LogP contribution in [0, 0.1) is 17.8 Å². The molecule has 2 fully saturated rings. The lowest BCUT2D eigenvalue weighted by Gasteiger charge is -2.21. The summed E-state index contributed by atoms with van der Waals surface area (Å²) in [7, 11) is 0. The van der Waals surface area contributed by atoms with Crippen molar-refractivity contribution in [1.29, 1.82) is 0 Å². The molecule has 2 aliphatic rings. The van der Waals surface area contributed by atoms with Gasteiger partial charge in [0.1, 0.15) is 5.03 Å². The first-order valence-electron chi connectivity index (χ1n) is 8.11. The lowest BCUT2D eigenvalue weighted by molar-refractivity contribution is 0.269. The van der Waals surface area contributed by atoms with Crippen LogP contribution >= 0.6 is 23.5 Å². The van der Waals surface area contributed by atoms with Crippen molar-refractivity contribution in [3.63, 3.8) is 0 Å². The lowest BCUT2D eigenvalue weighted by Crippen LogP contribution is -2.25. The van der Waals surface area contributed by atoms with E-state index in [1.54, 1.807) is 11.8 Å². The molecule has 23 heavy (non-hydrogen) atoms. The van der Waals surface area contributed by atoms with Gasteiger partial charge in [0, 0.05) is 24.6 Å². The van der Waals surface area contributed by atoms with E-state index in [9.17, 15) is 0 Å². The number of rotatable bonds is 3. The van der Waals surface area contributed by atoms with Gasteiger partial charge < -0.3 is 4.90 Å². The molecule has 5 heteroatoms. The molecule has 0 radical (unpaired) electrons. The second kappa shape index (κ2) is 7.04. The molecule has 3 nitrogen and oxygen atoms in total. The molecular formula is C18H19N3S2. The zero-order valence-electron chi connectivity index (χ0n) is 12.9. The van der Waals surface area contributed by atoms with E-state index in [2.05, 4.69) is 25.5 Å². The Bertz CT molecular complexity index is 717. The van der Waals surface area contributed by atoms with Crippen molar-refractivity contribution >= 4 is 23.5 Å². The van der Waals surface area contributed by atoms with E-state index < -0.39 is 0 Å². The van der Waals surface area contributed by atoms with Gasteiger partial charge in [0.15, 0.2) is 0 Å². The van der Waals surface area contributed by atoms with Crippen LogP contribution in [0.3, 0.4) is 0 Å². The molecule has 1 unspecified atom stereocenters. The van der Waals surface area contributed by atoms with E-state index in [4.69, 9.17) is 0 Å². The smallest absolute Gasteiger partial charge is 0.134 e. The monoisotopic (exact) mass is 341 g/mol. The molecule has 0 amide bonds. The molecule has 3 atom stereocenters. The summed E-state index contributed by atoms with van der Waals surface area (Å²) in [6, 6.07) is 10.1. The average molecular weight is 342 g/mol. The molecule has 0 saturated carbocycles. The number of piperidine rings is 1. The van der Waals surface area contributed by atoms with Crippen LogP contribution in [0.2, 0.25) is 0 Å². The highest BCUT2D eigenvalue weighted by molar-refractivity contribution is 7.99. The SMILES string of the molecule is C(#Cc1ccccc1)CSc1nsnc1[C@@H]1CN2CCC[C@@H]1C2. The summed E-state index contributed by atoms with van der Waals surface area (Å²) in [6.45, 7) is 3.68. The number of aromatic nitrogens is 2. The summed E-state index contributed by atoms with van der Waals surface area (Å²) in [6.07, 6.45) is 2.68. The summed E-state index contributed by atoms with van der Waals surface area (Å²) in [5, 5.41) is 1.11. The topological polar surface area (TPSA) is 29.0 Å². The van der Waals surface area contributed by atoms with Crippen LogP contribution in [0.5, 0.6) is 0 Å². The lowest BCUT2D eigenvalue weighted by atomic mass is 9.89. The molecule has 1 aromatic heterocycles. The molecule has 4 rings (SSSR count). The first-order valence-corrected chi connectivity index (χ1v) is 9.83. The summed E-state index contributed by atoms with van der Waals surface area (Å²) in [4.78, 5) is 2.59. The van der Waals surface area contributed by atoms with E-state index in [1.165, 1.54) is 49.9 Å². The quantitative estimate of drug-likeness (QED) is 0.631. The van der Waals surface area contributed by atoms with E-state index in [-0.39, 0.29) is 0 Å². The van der Waals surface area contributed by atoms with Crippen molar-refractivity contribution in [2.24, 2.45) is 5.92 Å². The fourth-order valence-corrected chi connectivity index (χ4v) is 5.11. The van der Waals surface area contributed by atoms with Crippen molar-refractivity contribution in [2.45, 2.75) is 23.8 Å². The maximum Gasteiger partial charge on any atom is 0.134 e. The second-order valence-corrected chi connectivity index (χ2v) is 7.67. The maximum atomic E-state index is 4.63. The molecule has 1 aromatic carbocycles. The highest BCUT2D eigenvalue weighted by Crippen LogP contribution is 2.41. The van der Waals surface area contributed by atoms with E-state index in [0.29, 0.717) is 5.92 Å². The molecular weight excluding hydrogens is 322 g/mol. The third-order valence-corrected chi connectivity index (χ3v) is 6.21. The predicted molar refractivity (Wildman–Crippen MR) is 95.9 cm³/mol. The number of thioether (sulfide) groups is 1. The van der Waals surface area contributed by atoms with Crippen LogP contribution in [-0.2, 0) is 0 Å². The first-order chi connectivity index (χ1) is 11.4. The zero-order valence-corrected chi connectivity index (χ0v) is 14.6. The minimum atomic E-state index is 0.584. The van der Waals surface area contributed by atoms with Gasteiger partial charge in [0.05, 0.1) is 23.2 Å². The standard InChI is InChI=1S/C18H19N3S2/c1-2-6-14(7-3-1)8-5-11-22-18-17(19-23-20-18)16-13-21-10-4-9-15(16)12-21/h1-3,6-7,15-16H,4,9-13H2/t15-,16-/m1/s1. The van der Waals surface area contributed by atoms with Crippen LogP contribution in [0.15, 0.2) is 35.4 Å². The predicted octanol–water partition coefficient (Wildman–Crippen LogP) is 3.49. The maximum absolute atomic E-state index is 4.63. The number of hydrogen-bond acceptors (Lipinski definition) is 5. The zero-order chi connectivity index (χ0) is 15.5. The van der Waals surface area contributed by atoms with Crippen molar-refractivity contribution in [2.75, 3.05) is 25.4 Å². The normalized spacial score (nSPS) is 25.8. The Morgan fingerprint density at radius 2 is 2.13 bits per heavy atom. The van der Waals surface area contributed by atoms with Gasteiger partial charge in [0.2, 0.25) is 0 Å². The van der Waals surface area contributed by atoms with Crippen LogP contribution in [0.25, 0.3) is 0 Å². The number of benzene rings is 1. The van der Waals surface area contributed by atoms with Gasteiger partial charge >= 0.3 is 0 Å². The van der Waals surface area contributed by atoms with Gasteiger partial charge in [0.25, 0.3) is 0 Å². The van der Waals surface area contributed by atoms with Crippen LogP contribution in [0.1, 0.15) is 30.0 Å². The van der Waals surface area contributed by atoms with Crippen molar-refractivity contribution in [3.8, 4) is 11.8 Å². The largest absolute Gasteiger partial charge is 0.302 e. The van der Waals surface area contributed by atoms with Gasteiger partial charge in [-0.15, -0.1) is 0 Å². The fourth-order valence-electron chi connectivity index (χ4n) is 3.60. The summed E-state index contributed by atoms with van der Waals surface area (Å²) < 4.78 is 9.16. The fraction of sp³-hybridized carbons (Fsp3) is 0.444. The molecule has 118 valence electrons. The summed E-state index contributed by atoms with van der Waals surface area (Å²) in [5.41, 5.74) is 2.30. The van der Waals surface area contributed by atoms with Gasteiger partial charge in [-0.25, -0.2) is 0 Å². The molecule has 2 bridgehead atoms. The van der Waals surface area contributed by atoms with Gasteiger partial charge in [-0.2, -0.15) is 8.75 Å². The second-order valence-electron chi connectivity index (χ2n) is 6.18.